The molecule has 0 saturated carbocycles. The van der Waals surface area contributed by atoms with E-state index in [1.54, 1.807) is 7.11 Å². The molecule has 0 aromatic rings. The van der Waals surface area contributed by atoms with Gasteiger partial charge in [-0.15, -0.1) is 0 Å². The van der Waals surface area contributed by atoms with Gasteiger partial charge in [0.15, 0.2) is 0 Å². The molecule has 0 aliphatic carbocycles. The van der Waals surface area contributed by atoms with Crippen molar-refractivity contribution in [1.82, 2.24) is 0 Å². The molecule has 6 heteroatoms. The Labute approximate surface area is 128 Å². The van der Waals surface area contributed by atoms with Crippen molar-refractivity contribution in [3.63, 3.8) is 0 Å². The first-order valence-electron chi connectivity index (χ1n) is 6.38. The maximum Gasteiger partial charge on any atom is 0.138 e. The van der Waals surface area contributed by atoms with E-state index in [-0.39, 0.29) is 4.11 Å². The summed E-state index contributed by atoms with van der Waals surface area (Å²) < 4.78 is 16.6. The predicted octanol–water partition coefficient (Wildman–Crippen LogP) is 1.48. The Balaban J connectivity index is 2.87. The molecule has 19 heavy (non-hydrogen) atoms. The van der Waals surface area contributed by atoms with E-state index in [2.05, 4.69) is 22.6 Å². The lowest BCUT2D eigenvalue weighted by atomic mass is 9.89. The summed E-state index contributed by atoms with van der Waals surface area (Å²) in [5.74, 6) is 0. The van der Waals surface area contributed by atoms with Gasteiger partial charge in [-0.2, -0.15) is 0 Å². The molecule has 0 spiro atoms. The number of ether oxygens (including phenoxy) is 3. The van der Waals surface area contributed by atoms with Crippen LogP contribution in [0.2, 0.25) is 0 Å². The van der Waals surface area contributed by atoms with Crippen molar-refractivity contribution in [2.45, 2.75) is 74.3 Å². The van der Waals surface area contributed by atoms with E-state index in [0.717, 1.165) is 0 Å². The van der Waals surface area contributed by atoms with E-state index in [1.807, 2.05) is 34.6 Å². The van der Waals surface area contributed by atoms with Crippen LogP contribution in [-0.2, 0) is 14.2 Å². The third-order valence-corrected chi connectivity index (χ3v) is 4.23. The van der Waals surface area contributed by atoms with E-state index in [1.165, 1.54) is 0 Å². The smallest absolute Gasteiger partial charge is 0.138 e. The van der Waals surface area contributed by atoms with E-state index >= 15 is 0 Å². The Morgan fingerprint density at radius 3 is 2.00 bits per heavy atom. The summed E-state index contributed by atoms with van der Waals surface area (Å²) in [5.41, 5.74) is -1.10. The van der Waals surface area contributed by atoms with Crippen LogP contribution < -0.4 is 0 Å². The third kappa shape index (κ3) is 4.25. The van der Waals surface area contributed by atoms with E-state index in [0.29, 0.717) is 0 Å². The second-order valence-corrected chi connectivity index (χ2v) is 7.62. The number of aliphatic hydroxyl groups excluding tert-OH is 2. The first-order valence-corrected chi connectivity index (χ1v) is 7.63. The van der Waals surface area contributed by atoms with Gasteiger partial charge in [0.2, 0.25) is 0 Å². The largest absolute Gasteiger partial charge is 0.387 e. The van der Waals surface area contributed by atoms with Gasteiger partial charge in [0.1, 0.15) is 28.5 Å². The van der Waals surface area contributed by atoms with Crippen molar-refractivity contribution in [3.05, 3.63) is 0 Å². The van der Waals surface area contributed by atoms with Crippen LogP contribution in [-0.4, -0.2) is 57.1 Å². The molecule has 1 rings (SSSR count). The van der Waals surface area contributed by atoms with Crippen LogP contribution in [0.15, 0.2) is 0 Å². The highest BCUT2D eigenvalue weighted by Crippen LogP contribution is 2.35. The number of alkyl halides is 1. The summed E-state index contributed by atoms with van der Waals surface area (Å²) in [6.45, 7) is 9.35. The second-order valence-electron chi connectivity index (χ2n) is 6.39. The van der Waals surface area contributed by atoms with Gasteiger partial charge in [0, 0.05) is 7.11 Å². The van der Waals surface area contributed by atoms with Gasteiger partial charge in [-0.25, -0.2) is 0 Å². The molecule has 0 bridgehead atoms. The normalized spacial score (nSPS) is 37.4. The van der Waals surface area contributed by atoms with Crippen molar-refractivity contribution < 1.29 is 24.4 Å². The molecule has 5 atom stereocenters. The van der Waals surface area contributed by atoms with Gasteiger partial charge in [0.05, 0.1) is 11.2 Å². The van der Waals surface area contributed by atoms with Gasteiger partial charge < -0.3 is 24.4 Å². The van der Waals surface area contributed by atoms with E-state index < -0.39 is 35.6 Å². The van der Waals surface area contributed by atoms with E-state index in [4.69, 9.17) is 14.2 Å². The molecule has 1 heterocycles. The van der Waals surface area contributed by atoms with Crippen LogP contribution >= 0.6 is 22.6 Å². The minimum atomic E-state index is -1.05. The maximum absolute atomic E-state index is 10.3. The first-order chi connectivity index (χ1) is 8.49. The van der Waals surface area contributed by atoms with Gasteiger partial charge in [-0.05, 0) is 57.2 Å². The molecule has 0 aromatic heterocycles. The number of hydrogen-bond donors (Lipinski definition) is 2. The van der Waals surface area contributed by atoms with Crippen LogP contribution in [0.3, 0.4) is 0 Å². The fraction of sp³-hybridized carbons (Fsp3) is 1.00. The van der Waals surface area contributed by atoms with Crippen molar-refractivity contribution in [2.24, 2.45) is 0 Å². The Morgan fingerprint density at radius 1 is 1.05 bits per heavy atom. The van der Waals surface area contributed by atoms with Crippen LogP contribution in [0.25, 0.3) is 0 Å². The Kier molecular flexibility index (Phi) is 5.65. The van der Waals surface area contributed by atoms with Gasteiger partial charge in [0.25, 0.3) is 0 Å². The molecule has 5 nitrogen and oxygen atoms in total. The molecule has 1 aliphatic heterocycles. The number of halogens is 1. The number of rotatable bonds is 3. The number of methoxy groups -OCH3 is 1. The molecule has 1 fully saturated rings. The summed E-state index contributed by atoms with van der Waals surface area (Å²) in [4.78, 5) is 0. The highest BCUT2D eigenvalue weighted by atomic mass is 127. The molecular weight excluding hydrogens is 363 g/mol. The minimum Gasteiger partial charge on any atom is -0.387 e. The lowest BCUT2D eigenvalue weighted by molar-refractivity contribution is -0.262. The summed E-state index contributed by atoms with van der Waals surface area (Å²) in [5, 5.41) is 20.5. The van der Waals surface area contributed by atoms with Gasteiger partial charge in [-0.1, -0.05) is 0 Å². The Hall–Kier alpha value is 0.530. The summed E-state index contributed by atoms with van der Waals surface area (Å²) in [6, 6.07) is 0. The molecule has 1 saturated heterocycles. The van der Waals surface area contributed by atoms with Crippen LogP contribution in [0.5, 0.6) is 0 Å². The summed E-state index contributed by atoms with van der Waals surface area (Å²) >= 11 is 2.08. The molecule has 0 radical (unpaired) electrons. The molecule has 114 valence electrons. The minimum absolute atomic E-state index is 0.352. The molecule has 0 amide bonds. The Bertz CT molecular complexity index is 302. The van der Waals surface area contributed by atoms with Gasteiger partial charge in [-0.3, -0.25) is 0 Å². The predicted molar refractivity (Wildman–Crippen MR) is 80.4 cm³/mol. The standard InChI is InChI=1S/C13H25IO5/c1-12(2,3)19-9-7(15)8(16)10(18-11(9)14)13(4,5)17-6/h7-11,15-16H,1-6H3/t7-,8?,9+,10-,11?/m1/s1. The van der Waals surface area contributed by atoms with Crippen molar-refractivity contribution >= 4 is 22.6 Å². The zero-order chi connectivity index (χ0) is 15.0. The molecular formula is C13H25IO5. The first kappa shape index (κ1) is 17.6. The quantitative estimate of drug-likeness (QED) is 0.566. The highest BCUT2D eigenvalue weighted by molar-refractivity contribution is 14.1. The third-order valence-electron chi connectivity index (χ3n) is 3.23. The van der Waals surface area contributed by atoms with Crippen molar-refractivity contribution in [2.75, 3.05) is 7.11 Å². The SMILES string of the molecule is COC(C)(C)[C@@H]1OC(I)[C@@H](OC(C)(C)C)[C@H](O)C1O. The monoisotopic (exact) mass is 388 g/mol. The lowest BCUT2D eigenvalue weighted by Gasteiger charge is -2.47. The van der Waals surface area contributed by atoms with Crippen molar-refractivity contribution in [1.29, 1.82) is 0 Å². The Morgan fingerprint density at radius 2 is 1.58 bits per heavy atom. The zero-order valence-electron chi connectivity index (χ0n) is 12.4. The maximum atomic E-state index is 10.3. The molecule has 2 unspecified atom stereocenters. The lowest BCUT2D eigenvalue weighted by Crippen LogP contribution is -2.63. The van der Waals surface area contributed by atoms with Crippen LogP contribution in [0.4, 0.5) is 0 Å². The summed E-state index contributed by atoms with van der Waals surface area (Å²) in [6.07, 6.45) is -3.23. The average molecular weight is 388 g/mol. The van der Waals surface area contributed by atoms with Crippen LogP contribution in [0, 0.1) is 0 Å². The van der Waals surface area contributed by atoms with Crippen molar-refractivity contribution in [3.8, 4) is 0 Å². The summed E-state index contributed by atoms with van der Waals surface area (Å²) in [7, 11) is 1.56. The number of aliphatic hydroxyl groups is 2. The molecule has 2 N–H and O–H groups in total. The van der Waals surface area contributed by atoms with Crippen LogP contribution in [0.1, 0.15) is 34.6 Å². The van der Waals surface area contributed by atoms with E-state index in [9.17, 15) is 10.2 Å². The zero-order valence-corrected chi connectivity index (χ0v) is 14.5. The fourth-order valence-electron chi connectivity index (χ4n) is 2.05. The highest BCUT2D eigenvalue weighted by Gasteiger charge is 2.50. The molecule has 0 aromatic carbocycles. The fourth-order valence-corrected chi connectivity index (χ4v) is 2.94. The topological polar surface area (TPSA) is 68.2 Å². The number of hydrogen-bond acceptors (Lipinski definition) is 5. The second kappa shape index (κ2) is 6.11. The van der Waals surface area contributed by atoms with Gasteiger partial charge >= 0.3 is 0 Å². The average Bonchev–Trinajstić information content (AvgIpc) is 2.28. The molecule has 1 aliphatic rings.